The minimum absolute atomic E-state index is 0.0677. The van der Waals surface area contributed by atoms with Gasteiger partial charge in [-0.3, -0.25) is 10.1 Å². The lowest BCUT2D eigenvalue weighted by Crippen LogP contribution is -2.29. The average Bonchev–Trinajstić information content (AvgIpc) is 3.11. The summed E-state index contributed by atoms with van der Waals surface area (Å²) >= 11 is 6.34. The number of carboxylic acid groups (broad SMARTS) is 1. The molecule has 0 spiro atoms. The van der Waals surface area contributed by atoms with Gasteiger partial charge in [0.15, 0.2) is 0 Å². The summed E-state index contributed by atoms with van der Waals surface area (Å²) in [4.78, 5) is 22.2. The molecule has 0 unspecified atom stereocenters. The van der Waals surface area contributed by atoms with Crippen molar-refractivity contribution in [1.29, 1.82) is 0 Å². The molecule has 1 heterocycles. The molecule has 0 amide bonds. The number of benzene rings is 2. The number of anilines is 1. The molecule has 2 aliphatic rings. The highest BCUT2D eigenvalue weighted by Crippen LogP contribution is 2.54. The van der Waals surface area contributed by atoms with E-state index in [2.05, 4.69) is 5.32 Å². The zero-order valence-electron chi connectivity index (χ0n) is 13.6. The van der Waals surface area contributed by atoms with E-state index in [-0.39, 0.29) is 34.1 Å². The number of aromatic carboxylic acids is 1. The van der Waals surface area contributed by atoms with E-state index >= 15 is 0 Å². The molecule has 2 N–H and O–H groups in total. The molecule has 0 radical (unpaired) electrons. The summed E-state index contributed by atoms with van der Waals surface area (Å²) in [7, 11) is 0. The summed E-state index contributed by atoms with van der Waals surface area (Å²) in [6.45, 7) is 0. The van der Waals surface area contributed by atoms with Gasteiger partial charge in [-0.05, 0) is 36.1 Å². The van der Waals surface area contributed by atoms with Gasteiger partial charge in [0.25, 0.3) is 5.69 Å². The lowest BCUT2D eigenvalue weighted by molar-refractivity contribution is -0.385. The number of halogens is 1. The predicted octanol–water partition coefficient (Wildman–Crippen LogP) is 4.77. The molecular formula is C19H15ClN2O4. The summed E-state index contributed by atoms with van der Waals surface area (Å²) in [6.07, 6.45) is 4.83. The Morgan fingerprint density at radius 1 is 1.23 bits per heavy atom. The fourth-order valence-corrected chi connectivity index (χ4v) is 4.20. The number of rotatable bonds is 3. The Morgan fingerprint density at radius 2 is 1.96 bits per heavy atom. The number of hydrogen-bond acceptors (Lipinski definition) is 4. The maximum Gasteiger partial charge on any atom is 0.335 e. The van der Waals surface area contributed by atoms with Gasteiger partial charge in [0.2, 0.25) is 0 Å². The largest absolute Gasteiger partial charge is 0.478 e. The molecular weight excluding hydrogens is 356 g/mol. The Bertz CT molecular complexity index is 939. The smallest absolute Gasteiger partial charge is 0.335 e. The first-order valence-corrected chi connectivity index (χ1v) is 8.58. The highest BCUT2D eigenvalue weighted by Gasteiger charge is 2.42. The van der Waals surface area contributed by atoms with Crippen molar-refractivity contribution in [1.82, 2.24) is 0 Å². The van der Waals surface area contributed by atoms with E-state index in [4.69, 9.17) is 16.7 Å². The molecule has 0 saturated heterocycles. The van der Waals surface area contributed by atoms with Crippen molar-refractivity contribution < 1.29 is 14.8 Å². The van der Waals surface area contributed by atoms with E-state index in [0.29, 0.717) is 16.3 Å². The van der Waals surface area contributed by atoms with Gasteiger partial charge in [0, 0.05) is 12.0 Å². The fraction of sp³-hybridized carbons (Fsp3) is 0.211. The molecule has 6 nitrogen and oxygen atoms in total. The van der Waals surface area contributed by atoms with Crippen LogP contribution in [0.25, 0.3) is 0 Å². The second kappa shape index (κ2) is 6.14. The monoisotopic (exact) mass is 370 g/mol. The molecule has 0 fully saturated rings. The van der Waals surface area contributed by atoms with Crippen LogP contribution in [0.1, 0.15) is 39.9 Å². The molecule has 132 valence electrons. The quantitative estimate of drug-likeness (QED) is 0.461. The first-order chi connectivity index (χ1) is 12.5. The summed E-state index contributed by atoms with van der Waals surface area (Å²) in [5.41, 5.74) is 2.43. The number of allylic oxidation sites excluding steroid dienone is 2. The Hall–Kier alpha value is -2.86. The van der Waals surface area contributed by atoms with Crippen LogP contribution >= 0.6 is 11.6 Å². The number of fused-ring (bicyclic) bond motifs is 3. The SMILES string of the molecule is O=C(O)c1ccc([C@@H]2Nc3c(Cl)ccc([N+](=O)[O-])c3[C@@H]3C=CC[C@@H]32)cc1. The molecule has 3 atom stereocenters. The van der Waals surface area contributed by atoms with Crippen LogP contribution in [0.2, 0.25) is 5.02 Å². The van der Waals surface area contributed by atoms with Crippen LogP contribution in [0.5, 0.6) is 0 Å². The Morgan fingerprint density at radius 3 is 2.62 bits per heavy atom. The van der Waals surface area contributed by atoms with Gasteiger partial charge in [-0.25, -0.2) is 4.79 Å². The Balaban J connectivity index is 1.81. The number of carbonyl (C=O) groups is 1. The number of nitrogens with one attached hydrogen (secondary N) is 1. The summed E-state index contributed by atoms with van der Waals surface area (Å²) in [5.74, 6) is -0.970. The second-order valence-corrected chi connectivity index (χ2v) is 6.92. The van der Waals surface area contributed by atoms with E-state index in [0.717, 1.165) is 12.0 Å². The number of nitro groups is 1. The van der Waals surface area contributed by atoms with Crippen LogP contribution in [0.15, 0.2) is 48.6 Å². The third kappa shape index (κ3) is 2.54. The number of carboxylic acids is 1. The van der Waals surface area contributed by atoms with Gasteiger partial charge < -0.3 is 10.4 Å². The predicted molar refractivity (Wildman–Crippen MR) is 97.9 cm³/mol. The number of hydrogen-bond donors (Lipinski definition) is 2. The molecule has 0 aromatic heterocycles. The molecule has 0 saturated carbocycles. The summed E-state index contributed by atoms with van der Waals surface area (Å²) < 4.78 is 0. The van der Waals surface area contributed by atoms with Crippen LogP contribution < -0.4 is 5.32 Å². The summed E-state index contributed by atoms with van der Waals surface area (Å²) in [6, 6.07) is 9.59. The highest BCUT2D eigenvalue weighted by molar-refractivity contribution is 6.33. The minimum Gasteiger partial charge on any atom is -0.478 e. The van der Waals surface area contributed by atoms with Gasteiger partial charge in [-0.15, -0.1) is 0 Å². The van der Waals surface area contributed by atoms with E-state index in [1.807, 2.05) is 12.2 Å². The molecule has 2 aromatic rings. The van der Waals surface area contributed by atoms with Crippen molar-refractivity contribution in [3.8, 4) is 0 Å². The van der Waals surface area contributed by atoms with Crippen LogP contribution in [0, 0.1) is 16.0 Å². The fourth-order valence-electron chi connectivity index (χ4n) is 3.98. The number of nitro benzene ring substituents is 1. The average molecular weight is 371 g/mol. The van der Waals surface area contributed by atoms with Crippen molar-refractivity contribution in [3.63, 3.8) is 0 Å². The van der Waals surface area contributed by atoms with Crippen LogP contribution in [0.3, 0.4) is 0 Å². The lowest BCUT2D eigenvalue weighted by atomic mass is 9.76. The molecule has 0 bridgehead atoms. The Kier molecular flexibility index (Phi) is 3.92. The van der Waals surface area contributed by atoms with Crippen molar-refractivity contribution in [2.75, 3.05) is 5.32 Å². The minimum atomic E-state index is -0.974. The molecule has 26 heavy (non-hydrogen) atoms. The maximum atomic E-state index is 11.5. The van der Waals surface area contributed by atoms with Crippen molar-refractivity contribution in [2.24, 2.45) is 5.92 Å². The van der Waals surface area contributed by atoms with Crippen LogP contribution in [0.4, 0.5) is 11.4 Å². The van der Waals surface area contributed by atoms with Crippen LogP contribution in [-0.4, -0.2) is 16.0 Å². The van der Waals surface area contributed by atoms with Gasteiger partial charge in [0.1, 0.15) is 0 Å². The number of nitrogens with zero attached hydrogens (tertiary/aromatic N) is 1. The van der Waals surface area contributed by atoms with E-state index in [9.17, 15) is 14.9 Å². The molecule has 1 aliphatic carbocycles. The molecule has 7 heteroatoms. The van der Waals surface area contributed by atoms with E-state index in [1.165, 1.54) is 12.1 Å². The Labute approximate surface area is 154 Å². The van der Waals surface area contributed by atoms with Gasteiger partial charge in [0.05, 0.1) is 32.8 Å². The maximum absolute atomic E-state index is 11.5. The van der Waals surface area contributed by atoms with E-state index in [1.54, 1.807) is 24.3 Å². The van der Waals surface area contributed by atoms with Crippen molar-refractivity contribution in [2.45, 2.75) is 18.4 Å². The van der Waals surface area contributed by atoms with E-state index < -0.39 is 5.97 Å². The van der Waals surface area contributed by atoms with Crippen molar-refractivity contribution in [3.05, 3.63) is 80.4 Å². The zero-order valence-corrected chi connectivity index (χ0v) is 14.3. The molecule has 2 aromatic carbocycles. The van der Waals surface area contributed by atoms with Gasteiger partial charge in [-0.2, -0.15) is 0 Å². The van der Waals surface area contributed by atoms with Crippen LogP contribution in [-0.2, 0) is 0 Å². The normalized spacial score (nSPS) is 23.0. The van der Waals surface area contributed by atoms with Gasteiger partial charge >= 0.3 is 5.97 Å². The van der Waals surface area contributed by atoms with Gasteiger partial charge in [-0.1, -0.05) is 35.9 Å². The lowest BCUT2D eigenvalue weighted by Gasteiger charge is -2.37. The van der Waals surface area contributed by atoms with Crippen molar-refractivity contribution >= 4 is 28.9 Å². The first-order valence-electron chi connectivity index (χ1n) is 8.20. The highest BCUT2D eigenvalue weighted by atomic mass is 35.5. The second-order valence-electron chi connectivity index (χ2n) is 6.51. The third-order valence-corrected chi connectivity index (χ3v) is 5.47. The molecule has 1 aliphatic heterocycles. The zero-order chi connectivity index (χ0) is 18.4. The topological polar surface area (TPSA) is 92.5 Å². The molecule has 4 rings (SSSR count). The first kappa shape index (κ1) is 16.6. The third-order valence-electron chi connectivity index (χ3n) is 5.16. The standard InChI is InChI=1S/C19H15ClN2O4/c20-14-8-9-15(22(25)26)16-12-2-1-3-13(12)17(21-18(14)16)10-4-6-11(7-5-10)19(23)24/h1-2,4-9,12-13,17,21H,3H2,(H,23,24)/t12-,13+,17+/m1/s1. The summed E-state index contributed by atoms with van der Waals surface area (Å²) in [5, 5.41) is 24.4.